The van der Waals surface area contributed by atoms with Gasteiger partial charge in [-0.3, -0.25) is 4.68 Å². The van der Waals surface area contributed by atoms with Crippen molar-refractivity contribution in [2.75, 3.05) is 11.9 Å². The molecular formula is C13H20N4O4. The normalized spacial score (nSPS) is 21.2. The molecule has 0 aromatic carbocycles. The molecule has 2 rings (SSSR count). The third kappa shape index (κ3) is 3.94. The van der Waals surface area contributed by atoms with Crippen molar-refractivity contribution in [2.45, 2.75) is 38.4 Å². The molecule has 0 saturated carbocycles. The van der Waals surface area contributed by atoms with Crippen molar-refractivity contribution in [3.05, 3.63) is 11.9 Å². The second-order valence-electron chi connectivity index (χ2n) is 5.01. The van der Waals surface area contributed by atoms with E-state index in [1.165, 1.54) is 0 Å². The minimum absolute atomic E-state index is 0.253. The number of carboxylic acids is 1. The Hall–Kier alpha value is -2.09. The first-order valence-corrected chi connectivity index (χ1v) is 6.95. The molecule has 116 valence electrons. The maximum Gasteiger partial charge on any atom is 0.332 e. The number of aromatic nitrogens is 2. The van der Waals surface area contributed by atoms with Crippen molar-refractivity contribution >= 4 is 17.7 Å². The van der Waals surface area contributed by atoms with Crippen LogP contribution in [0.4, 0.5) is 10.5 Å². The van der Waals surface area contributed by atoms with Gasteiger partial charge in [0.05, 0.1) is 17.5 Å². The van der Waals surface area contributed by atoms with Gasteiger partial charge in [-0.05, 0) is 19.3 Å². The van der Waals surface area contributed by atoms with E-state index in [0.717, 1.165) is 12.1 Å². The molecule has 0 radical (unpaired) electrons. The minimum Gasteiger partial charge on any atom is -0.479 e. The molecule has 2 amide bonds. The molecule has 1 aliphatic rings. The zero-order valence-corrected chi connectivity index (χ0v) is 12.1. The second kappa shape index (κ2) is 6.57. The molecule has 0 aliphatic carbocycles. The van der Waals surface area contributed by atoms with Crippen LogP contribution in [0.2, 0.25) is 0 Å². The van der Waals surface area contributed by atoms with Gasteiger partial charge in [-0.2, -0.15) is 5.10 Å². The SMILES string of the molecule is CCc1nn(C)cc1NC(=O)NCC1CCC(C(=O)O)O1. The van der Waals surface area contributed by atoms with E-state index < -0.39 is 12.1 Å². The standard InChI is InChI=1S/C13H20N4O4/c1-3-9-10(7-17(2)16-9)15-13(20)14-6-8-4-5-11(21-8)12(18)19/h7-8,11H,3-6H2,1-2H3,(H,18,19)(H2,14,15,20). The van der Waals surface area contributed by atoms with Crippen LogP contribution in [0.25, 0.3) is 0 Å². The second-order valence-corrected chi connectivity index (χ2v) is 5.01. The Bertz CT molecular complexity index is 528. The average molecular weight is 296 g/mol. The summed E-state index contributed by atoms with van der Waals surface area (Å²) in [4.78, 5) is 22.6. The summed E-state index contributed by atoms with van der Waals surface area (Å²) >= 11 is 0. The molecule has 0 bridgehead atoms. The smallest absolute Gasteiger partial charge is 0.332 e. The lowest BCUT2D eigenvalue weighted by atomic mass is 10.2. The number of anilines is 1. The van der Waals surface area contributed by atoms with E-state index in [-0.39, 0.29) is 18.7 Å². The van der Waals surface area contributed by atoms with E-state index in [2.05, 4.69) is 15.7 Å². The van der Waals surface area contributed by atoms with Crippen molar-refractivity contribution in [1.29, 1.82) is 0 Å². The third-order valence-electron chi connectivity index (χ3n) is 3.36. The van der Waals surface area contributed by atoms with Crippen LogP contribution in [0.3, 0.4) is 0 Å². The van der Waals surface area contributed by atoms with E-state index in [4.69, 9.17) is 9.84 Å². The predicted octanol–water partition coefficient (Wildman–Crippen LogP) is 0.736. The number of ether oxygens (including phenoxy) is 1. The molecule has 1 saturated heterocycles. The largest absolute Gasteiger partial charge is 0.479 e. The molecule has 2 atom stereocenters. The summed E-state index contributed by atoms with van der Waals surface area (Å²) in [7, 11) is 1.79. The fraction of sp³-hybridized carbons (Fsp3) is 0.615. The fourth-order valence-corrected chi connectivity index (χ4v) is 2.31. The number of amides is 2. The van der Waals surface area contributed by atoms with Gasteiger partial charge in [-0.15, -0.1) is 0 Å². The summed E-state index contributed by atoms with van der Waals surface area (Å²) in [6, 6.07) is -0.347. The zero-order valence-electron chi connectivity index (χ0n) is 12.1. The van der Waals surface area contributed by atoms with Gasteiger partial charge in [0.25, 0.3) is 0 Å². The van der Waals surface area contributed by atoms with E-state index in [9.17, 15) is 9.59 Å². The summed E-state index contributed by atoms with van der Waals surface area (Å²) in [5.41, 5.74) is 1.49. The van der Waals surface area contributed by atoms with Crippen molar-refractivity contribution < 1.29 is 19.4 Å². The van der Waals surface area contributed by atoms with Crippen LogP contribution in [0, 0.1) is 0 Å². The Morgan fingerprint density at radius 1 is 1.52 bits per heavy atom. The molecule has 3 N–H and O–H groups in total. The highest BCUT2D eigenvalue weighted by molar-refractivity contribution is 5.89. The van der Waals surface area contributed by atoms with Gasteiger partial charge in [0.1, 0.15) is 0 Å². The lowest BCUT2D eigenvalue weighted by molar-refractivity contribution is -0.149. The quantitative estimate of drug-likeness (QED) is 0.743. The van der Waals surface area contributed by atoms with E-state index in [1.54, 1.807) is 17.9 Å². The Labute approximate surface area is 122 Å². The molecule has 8 nitrogen and oxygen atoms in total. The molecule has 8 heteroatoms. The molecule has 21 heavy (non-hydrogen) atoms. The van der Waals surface area contributed by atoms with Gasteiger partial charge in [-0.25, -0.2) is 9.59 Å². The van der Waals surface area contributed by atoms with Crippen LogP contribution in [0.1, 0.15) is 25.5 Å². The number of urea groups is 1. The van der Waals surface area contributed by atoms with Gasteiger partial charge in [0, 0.05) is 19.8 Å². The molecule has 1 aromatic heterocycles. The molecule has 1 fully saturated rings. The number of hydrogen-bond acceptors (Lipinski definition) is 4. The number of aryl methyl sites for hydroxylation is 2. The summed E-state index contributed by atoms with van der Waals surface area (Å²) in [6.07, 6.45) is 2.56. The number of aliphatic carboxylic acids is 1. The monoisotopic (exact) mass is 296 g/mol. The van der Waals surface area contributed by atoms with Crippen LogP contribution in [-0.4, -0.2) is 45.6 Å². The van der Waals surface area contributed by atoms with Crippen LogP contribution < -0.4 is 10.6 Å². The van der Waals surface area contributed by atoms with Crippen LogP contribution in [-0.2, 0) is 23.0 Å². The van der Waals surface area contributed by atoms with Crippen molar-refractivity contribution in [1.82, 2.24) is 15.1 Å². The number of rotatable bonds is 5. The van der Waals surface area contributed by atoms with Crippen LogP contribution >= 0.6 is 0 Å². The average Bonchev–Trinajstić information content (AvgIpc) is 3.03. The molecular weight excluding hydrogens is 276 g/mol. The highest BCUT2D eigenvalue weighted by Gasteiger charge is 2.30. The predicted molar refractivity (Wildman–Crippen MR) is 75.1 cm³/mol. The Morgan fingerprint density at radius 2 is 2.29 bits per heavy atom. The fourth-order valence-electron chi connectivity index (χ4n) is 2.31. The number of hydrogen-bond donors (Lipinski definition) is 3. The summed E-state index contributed by atoms with van der Waals surface area (Å²) in [6.45, 7) is 2.25. The number of carbonyl (C=O) groups is 2. The van der Waals surface area contributed by atoms with Crippen LogP contribution in [0.15, 0.2) is 6.20 Å². The lowest BCUT2D eigenvalue weighted by Crippen LogP contribution is -2.36. The van der Waals surface area contributed by atoms with Gasteiger partial charge < -0.3 is 20.5 Å². The Morgan fingerprint density at radius 3 is 2.90 bits per heavy atom. The number of nitrogens with one attached hydrogen (secondary N) is 2. The third-order valence-corrected chi connectivity index (χ3v) is 3.36. The van der Waals surface area contributed by atoms with Gasteiger partial charge in [0.2, 0.25) is 0 Å². The highest BCUT2D eigenvalue weighted by atomic mass is 16.5. The summed E-state index contributed by atoms with van der Waals surface area (Å²) < 4.78 is 6.96. The van der Waals surface area contributed by atoms with Crippen molar-refractivity contribution in [3.63, 3.8) is 0 Å². The number of carboxylic acid groups (broad SMARTS) is 1. The van der Waals surface area contributed by atoms with Gasteiger partial charge in [-0.1, -0.05) is 6.92 Å². The first-order valence-electron chi connectivity index (χ1n) is 6.95. The first-order chi connectivity index (χ1) is 9.99. The van der Waals surface area contributed by atoms with Crippen molar-refractivity contribution in [2.24, 2.45) is 7.05 Å². The maximum atomic E-state index is 11.8. The molecule has 1 aliphatic heterocycles. The van der Waals surface area contributed by atoms with E-state index >= 15 is 0 Å². The first kappa shape index (κ1) is 15.3. The minimum atomic E-state index is -0.954. The Balaban J connectivity index is 1.79. The zero-order chi connectivity index (χ0) is 15.4. The summed E-state index contributed by atoms with van der Waals surface area (Å²) in [5, 5.41) is 18.5. The van der Waals surface area contributed by atoms with Gasteiger partial charge >= 0.3 is 12.0 Å². The molecule has 2 unspecified atom stereocenters. The summed E-state index contributed by atoms with van der Waals surface area (Å²) in [5.74, 6) is -0.954. The number of carbonyl (C=O) groups excluding carboxylic acids is 1. The Kier molecular flexibility index (Phi) is 4.79. The van der Waals surface area contributed by atoms with E-state index in [1.807, 2.05) is 6.92 Å². The maximum absolute atomic E-state index is 11.8. The lowest BCUT2D eigenvalue weighted by Gasteiger charge is -2.12. The molecule has 0 spiro atoms. The topological polar surface area (TPSA) is 105 Å². The molecule has 2 heterocycles. The van der Waals surface area contributed by atoms with Crippen molar-refractivity contribution in [3.8, 4) is 0 Å². The highest BCUT2D eigenvalue weighted by Crippen LogP contribution is 2.19. The molecule has 1 aromatic rings. The van der Waals surface area contributed by atoms with E-state index in [0.29, 0.717) is 18.5 Å². The van der Waals surface area contributed by atoms with Crippen LogP contribution in [0.5, 0.6) is 0 Å². The number of nitrogens with zero attached hydrogens (tertiary/aromatic N) is 2. The van der Waals surface area contributed by atoms with Gasteiger partial charge in [0.15, 0.2) is 6.10 Å².